The zero-order valence-electron chi connectivity index (χ0n) is 50.6. The van der Waals surface area contributed by atoms with Crippen LogP contribution >= 0.6 is 0 Å². The molecule has 4 fully saturated rings. The van der Waals surface area contributed by atoms with Gasteiger partial charge >= 0.3 is 11.9 Å². The van der Waals surface area contributed by atoms with Crippen molar-refractivity contribution in [3.63, 3.8) is 0 Å². The first-order valence-electron chi connectivity index (χ1n) is 29.3. The van der Waals surface area contributed by atoms with Crippen LogP contribution in [0.5, 0.6) is 0 Å². The van der Waals surface area contributed by atoms with Crippen molar-refractivity contribution in [3.8, 4) is 0 Å². The fourth-order valence-electron chi connectivity index (χ4n) is 13.0. The number of carboxylic acids is 1. The number of carbonyl (C=O) groups is 2. The van der Waals surface area contributed by atoms with Crippen molar-refractivity contribution in [2.24, 2.45) is 17.8 Å². The van der Waals surface area contributed by atoms with Crippen LogP contribution in [0.15, 0.2) is 35.3 Å². The molecular weight excluding hydrogens is 1030 g/mol. The van der Waals surface area contributed by atoms with E-state index in [-0.39, 0.29) is 42.9 Å². The minimum absolute atomic E-state index is 0.166. The number of aliphatic hydroxyl groups is 4. The van der Waals surface area contributed by atoms with E-state index in [1.54, 1.807) is 38.5 Å². The predicted molar refractivity (Wildman–Crippen MR) is 305 cm³/mol. The molecule has 454 valence electrons. The number of likely N-dealkylation sites (N-methyl/N-ethyl adjacent to an activating group) is 2. The van der Waals surface area contributed by atoms with Crippen molar-refractivity contribution in [3.05, 3.63) is 51.8 Å². The topological polar surface area (TPSA) is 235 Å². The number of piperazine rings is 1. The van der Waals surface area contributed by atoms with E-state index in [0.717, 1.165) is 51.3 Å². The summed E-state index contributed by atoms with van der Waals surface area (Å²) < 4.78 is 47.7. The summed E-state index contributed by atoms with van der Waals surface area (Å²) in [6.45, 7) is 26.6. The van der Waals surface area contributed by atoms with Crippen LogP contribution in [0.1, 0.15) is 124 Å². The van der Waals surface area contributed by atoms with Gasteiger partial charge in [0, 0.05) is 102 Å². The summed E-state index contributed by atoms with van der Waals surface area (Å²) in [4.78, 5) is 48.1. The molecule has 0 saturated carbocycles. The smallest absolute Gasteiger partial charge is 0.341 e. The van der Waals surface area contributed by atoms with Crippen LogP contribution in [0.2, 0.25) is 0 Å². The van der Waals surface area contributed by atoms with Gasteiger partial charge in [-0.3, -0.25) is 14.5 Å². The van der Waals surface area contributed by atoms with Crippen LogP contribution in [-0.4, -0.2) is 233 Å². The lowest BCUT2D eigenvalue weighted by Crippen LogP contribution is -2.61. The Balaban J connectivity index is 1.13. The quantitative estimate of drug-likeness (QED) is 0.107. The zero-order valence-corrected chi connectivity index (χ0v) is 50.6. The number of carboxylic acid groups (broad SMARTS) is 1. The second-order valence-electron chi connectivity index (χ2n) is 24.6. The number of aromatic nitrogens is 1. The number of esters is 1. The Labute approximate surface area is 475 Å². The molecule has 0 radical (unpaired) electrons. The van der Waals surface area contributed by atoms with Gasteiger partial charge in [0.15, 0.2) is 12.6 Å². The number of fused-ring (bicyclic) bond motifs is 1. The molecular formula is C60H99N5O15. The standard InChI is InChI=1S/C60H99N5O15/c1-16-47-60(11,73)52(68)40(7)62(14)34-36(3)32-58(9,72)53(80-57-50(67)46(61(12)13)30-37(4)76-57)38(5)51(39(6)56(71)78-47)79-48-33-59(10,74-15)54(41(8)77-48)75-29-19-24-64-27-25-63(26-28-64)23-18-20-42-21-22-45-43(31-42)49(66)44(55(69)70)35-65(45)17-2/h18,20-22,31,35-41,46-48,50-54,57,67-68,72-73H,16-17,19,23-30,32-34H2,1-15H3,(H,69,70)/b20-18+/t36-,37-,38+,39-,40-,41+,46+,47-,48+,50-,51+,52-,53-,54+,57+,58-,59-,60-/m1/s1. The first kappa shape index (κ1) is 65.7. The Kier molecular flexibility index (Phi) is 23.0. The summed E-state index contributed by atoms with van der Waals surface area (Å²) in [7, 11) is 7.28. The number of cyclic esters (lactones) is 1. The van der Waals surface area contributed by atoms with Gasteiger partial charge in [-0.05, 0) is 126 Å². The number of methoxy groups -OCH3 is 1. The largest absolute Gasteiger partial charge is 0.477 e. The maximum absolute atomic E-state index is 14.6. The molecule has 20 heteroatoms. The average molecular weight is 1130 g/mol. The van der Waals surface area contributed by atoms with Crippen LogP contribution in [0.3, 0.4) is 0 Å². The van der Waals surface area contributed by atoms with Gasteiger partial charge in [-0.2, -0.15) is 0 Å². The average Bonchev–Trinajstić information content (AvgIpc) is 3.40. The summed E-state index contributed by atoms with van der Waals surface area (Å²) in [5.74, 6) is -3.88. The Bertz CT molecular complexity index is 2430. The third-order valence-corrected chi connectivity index (χ3v) is 17.9. The van der Waals surface area contributed by atoms with Crippen molar-refractivity contribution in [1.82, 2.24) is 24.2 Å². The van der Waals surface area contributed by atoms with Crippen molar-refractivity contribution in [2.45, 2.75) is 205 Å². The van der Waals surface area contributed by atoms with Gasteiger partial charge in [0.25, 0.3) is 0 Å². The van der Waals surface area contributed by atoms with E-state index < -0.39 is 107 Å². The minimum atomic E-state index is -1.83. The van der Waals surface area contributed by atoms with Crippen LogP contribution in [0.4, 0.5) is 0 Å². The number of hydrogen-bond acceptors (Lipinski definition) is 18. The van der Waals surface area contributed by atoms with Crippen molar-refractivity contribution in [1.29, 1.82) is 0 Å². The summed E-state index contributed by atoms with van der Waals surface area (Å²) in [5.41, 5.74) is -3.48. The lowest BCUT2D eigenvalue weighted by Gasteiger charge is -2.49. The third kappa shape index (κ3) is 15.5. The molecule has 1 aromatic carbocycles. The molecule has 5 N–H and O–H groups in total. The Hall–Kier alpha value is -3.45. The van der Waals surface area contributed by atoms with Crippen LogP contribution < -0.4 is 5.43 Å². The SMILES string of the molecule is CC[C@H]1OC(=O)[C@H](C)[C@@H](O[C@H]2C[C@@](C)(OC)[C@@H](OCCCN3CCN(C/C=C/c4ccc5c(c4)c(=O)c(C(=O)O)cn5CC)CC3)[C@H](C)O2)[C@H](C)[C@@H](O[C@@H]2O[C@H](C)C[C@H](N(C)C)[C@H]2O)[C@](C)(O)C[C@@H](C)CN(C)[C@H](C)[C@@H](O)[C@]1(C)O. The van der Waals surface area contributed by atoms with E-state index in [1.165, 1.54) is 13.1 Å². The van der Waals surface area contributed by atoms with Crippen molar-refractivity contribution < 1.29 is 68.3 Å². The molecule has 0 aliphatic carbocycles. The maximum atomic E-state index is 14.6. The highest BCUT2D eigenvalue weighted by atomic mass is 16.7. The van der Waals surface area contributed by atoms with Gasteiger partial charge in [-0.25, -0.2) is 4.79 Å². The fraction of sp³-hybridized carbons (Fsp3) is 0.783. The monoisotopic (exact) mass is 1130 g/mol. The molecule has 4 aliphatic rings. The van der Waals surface area contributed by atoms with Gasteiger partial charge in [0.1, 0.15) is 35.6 Å². The molecule has 4 saturated heterocycles. The van der Waals surface area contributed by atoms with E-state index >= 15 is 0 Å². The van der Waals surface area contributed by atoms with Crippen LogP contribution in [0, 0.1) is 17.8 Å². The van der Waals surface area contributed by atoms with Crippen molar-refractivity contribution in [2.75, 3.05) is 80.7 Å². The van der Waals surface area contributed by atoms with Gasteiger partial charge < -0.3 is 78.0 Å². The fourth-order valence-corrected chi connectivity index (χ4v) is 13.0. The number of pyridine rings is 1. The molecule has 0 spiro atoms. The van der Waals surface area contributed by atoms with Gasteiger partial charge in [0.2, 0.25) is 5.43 Å². The number of rotatable bonds is 17. The molecule has 2 aromatic rings. The predicted octanol–water partition coefficient (Wildman–Crippen LogP) is 4.68. The van der Waals surface area contributed by atoms with E-state index in [4.69, 9.17) is 33.2 Å². The lowest BCUT2D eigenvalue weighted by molar-refractivity contribution is -0.320. The molecule has 18 atom stereocenters. The molecule has 20 nitrogen and oxygen atoms in total. The highest BCUT2D eigenvalue weighted by Gasteiger charge is 2.53. The summed E-state index contributed by atoms with van der Waals surface area (Å²) >= 11 is 0. The van der Waals surface area contributed by atoms with Gasteiger partial charge in [0.05, 0.1) is 47.1 Å². The first-order valence-corrected chi connectivity index (χ1v) is 29.3. The number of hydrogen-bond donors (Lipinski definition) is 5. The van der Waals surface area contributed by atoms with E-state index in [9.17, 15) is 39.9 Å². The normalized spacial score (nSPS) is 38.1. The highest BCUT2D eigenvalue weighted by molar-refractivity contribution is 5.93. The lowest BCUT2D eigenvalue weighted by atomic mass is 9.77. The highest BCUT2D eigenvalue weighted by Crippen LogP contribution is 2.41. The number of benzene rings is 1. The minimum Gasteiger partial charge on any atom is -0.477 e. The summed E-state index contributed by atoms with van der Waals surface area (Å²) in [6.07, 6.45) is -1.43. The Morgan fingerprint density at radius 3 is 2.23 bits per heavy atom. The molecule has 5 heterocycles. The first-order chi connectivity index (χ1) is 37.6. The van der Waals surface area contributed by atoms with Crippen molar-refractivity contribution >= 4 is 28.9 Å². The molecule has 0 amide bonds. The number of aliphatic hydroxyl groups excluding tert-OH is 2. The van der Waals surface area contributed by atoms with E-state index in [0.29, 0.717) is 37.0 Å². The second kappa shape index (κ2) is 28.0. The number of carbonyl (C=O) groups excluding carboxylic acids is 1. The number of aromatic carboxylic acids is 1. The number of aryl methyl sites for hydroxylation is 1. The Morgan fingerprint density at radius 2 is 1.60 bits per heavy atom. The number of nitrogens with zero attached hydrogens (tertiary/aromatic N) is 5. The number of ether oxygens (including phenoxy) is 7. The molecule has 0 bridgehead atoms. The molecule has 4 aliphatic heterocycles. The van der Waals surface area contributed by atoms with E-state index in [1.807, 2.05) is 97.6 Å². The molecule has 80 heavy (non-hydrogen) atoms. The maximum Gasteiger partial charge on any atom is 0.341 e. The van der Waals surface area contributed by atoms with Crippen LogP contribution in [-0.2, 0) is 44.5 Å². The summed E-state index contributed by atoms with van der Waals surface area (Å²) in [5, 5.41) is 58.3. The van der Waals surface area contributed by atoms with E-state index in [2.05, 4.69) is 15.9 Å². The van der Waals surface area contributed by atoms with Gasteiger partial charge in [-0.15, -0.1) is 0 Å². The zero-order chi connectivity index (χ0) is 59.2. The molecule has 6 rings (SSSR count). The third-order valence-electron chi connectivity index (χ3n) is 17.9. The van der Waals surface area contributed by atoms with Crippen LogP contribution in [0.25, 0.3) is 17.0 Å². The van der Waals surface area contributed by atoms with Gasteiger partial charge in [-0.1, -0.05) is 39.0 Å². The summed E-state index contributed by atoms with van der Waals surface area (Å²) in [6, 6.07) is 4.73. The Morgan fingerprint density at radius 1 is 0.925 bits per heavy atom. The molecule has 0 unspecified atom stereocenters. The second-order valence-corrected chi connectivity index (χ2v) is 24.6. The molecule has 1 aromatic heterocycles.